The van der Waals surface area contributed by atoms with Crippen LogP contribution in [-0.2, 0) is 9.47 Å². The number of anilines is 5. The summed E-state index contributed by atoms with van der Waals surface area (Å²) in [5.74, 6) is 2.41. The highest BCUT2D eigenvalue weighted by atomic mass is 79.9. The molecule has 0 saturated heterocycles. The Morgan fingerprint density at radius 2 is 1.70 bits per heavy atom. The molecule has 10 heteroatoms. The van der Waals surface area contributed by atoms with Crippen LogP contribution in [0.4, 0.5) is 28.7 Å². The summed E-state index contributed by atoms with van der Waals surface area (Å²) in [6, 6.07) is 3.95. The number of nitrogens with one attached hydrogen (secondary N) is 1. The normalized spacial score (nSPS) is 10.8. The van der Waals surface area contributed by atoms with E-state index in [0.29, 0.717) is 55.2 Å². The molecule has 1 aromatic carbocycles. The molecule has 1 aromatic heterocycles. The lowest BCUT2D eigenvalue weighted by atomic mass is 10.2. The highest BCUT2D eigenvalue weighted by molar-refractivity contribution is 9.10. The van der Waals surface area contributed by atoms with Crippen molar-refractivity contribution >= 4 is 44.6 Å². The van der Waals surface area contributed by atoms with Crippen LogP contribution in [-0.4, -0.2) is 71.7 Å². The van der Waals surface area contributed by atoms with Gasteiger partial charge in [-0.2, -0.15) is 0 Å². The van der Waals surface area contributed by atoms with E-state index in [1.165, 1.54) is 0 Å². The monoisotopic (exact) mass is 482 g/mol. The second kappa shape index (κ2) is 11.2. The van der Waals surface area contributed by atoms with Gasteiger partial charge in [0, 0.05) is 57.6 Å². The Balaban J connectivity index is 2.46. The maximum Gasteiger partial charge on any atom is 0.159 e. The minimum Gasteiger partial charge on any atom is -0.494 e. The van der Waals surface area contributed by atoms with Crippen molar-refractivity contribution in [3.63, 3.8) is 0 Å². The quantitative estimate of drug-likeness (QED) is 0.500. The van der Waals surface area contributed by atoms with Crippen LogP contribution in [0.15, 0.2) is 16.6 Å². The van der Waals surface area contributed by atoms with E-state index in [0.717, 1.165) is 15.8 Å². The van der Waals surface area contributed by atoms with Crippen LogP contribution in [0, 0.1) is 6.92 Å². The second-order valence-electron chi connectivity index (χ2n) is 6.85. The SMILES string of the molecule is COCCN(CCOC)c1nc(C)nc(Nc2c(Br)cc(N(C)C)cc2OC)c1N. The fraction of sp³-hybridized carbons (Fsp3) is 0.500. The third-order valence-corrected chi connectivity index (χ3v) is 5.11. The predicted molar refractivity (Wildman–Crippen MR) is 125 cm³/mol. The number of nitrogens with zero attached hydrogens (tertiary/aromatic N) is 4. The van der Waals surface area contributed by atoms with Crippen LogP contribution in [0.1, 0.15) is 5.82 Å². The topological polar surface area (TPSA) is 98.0 Å². The first-order chi connectivity index (χ1) is 14.3. The molecule has 0 unspecified atom stereocenters. The summed E-state index contributed by atoms with van der Waals surface area (Å²) in [4.78, 5) is 13.1. The number of rotatable bonds is 11. The highest BCUT2D eigenvalue weighted by Crippen LogP contribution is 2.40. The number of nitrogens with two attached hydrogens (primary N) is 1. The lowest BCUT2D eigenvalue weighted by Gasteiger charge is -2.26. The molecule has 9 nitrogen and oxygen atoms in total. The second-order valence-corrected chi connectivity index (χ2v) is 7.71. The molecule has 0 spiro atoms. The number of halogens is 1. The highest BCUT2D eigenvalue weighted by Gasteiger charge is 2.19. The molecule has 0 aliphatic carbocycles. The molecule has 1 heterocycles. The lowest BCUT2D eigenvalue weighted by Crippen LogP contribution is -2.32. The molecule has 0 bridgehead atoms. The van der Waals surface area contributed by atoms with Crippen molar-refractivity contribution in [2.45, 2.75) is 6.92 Å². The number of aromatic nitrogens is 2. The Kier molecular flexibility index (Phi) is 8.94. The van der Waals surface area contributed by atoms with E-state index in [9.17, 15) is 0 Å². The van der Waals surface area contributed by atoms with Gasteiger partial charge in [-0.1, -0.05) is 0 Å². The van der Waals surface area contributed by atoms with E-state index in [-0.39, 0.29) is 0 Å². The third-order valence-electron chi connectivity index (χ3n) is 4.49. The molecule has 0 aliphatic rings. The molecule has 0 amide bonds. The van der Waals surface area contributed by atoms with Gasteiger partial charge in [0.05, 0.1) is 26.0 Å². The number of ether oxygens (including phenoxy) is 3. The van der Waals surface area contributed by atoms with Crippen LogP contribution in [0.25, 0.3) is 0 Å². The fourth-order valence-electron chi connectivity index (χ4n) is 2.86. The van der Waals surface area contributed by atoms with Gasteiger partial charge < -0.3 is 35.1 Å². The van der Waals surface area contributed by atoms with E-state index in [2.05, 4.69) is 31.2 Å². The van der Waals surface area contributed by atoms with Gasteiger partial charge in [0.15, 0.2) is 11.6 Å². The molecule has 0 radical (unpaired) electrons. The molecule has 2 rings (SSSR count). The Labute approximate surface area is 186 Å². The number of methoxy groups -OCH3 is 3. The average Bonchev–Trinajstić information content (AvgIpc) is 2.71. The fourth-order valence-corrected chi connectivity index (χ4v) is 3.39. The molecular formula is C20H31BrN6O3. The van der Waals surface area contributed by atoms with E-state index >= 15 is 0 Å². The number of benzene rings is 1. The molecule has 166 valence electrons. The Bertz CT molecular complexity index is 842. The van der Waals surface area contributed by atoms with Crippen molar-refractivity contribution in [2.75, 3.05) is 82.6 Å². The van der Waals surface area contributed by atoms with Gasteiger partial charge in [-0.25, -0.2) is 9.97 Å². The lowest BCUT2D eigenvalue weighted by molar-refractivity contribution is 0.190. The average molecular weight is 483 g/mol. The van der Waals surface area contributed by atoms with Crippen LogP contribution < -0.4 is 25.6 Å². The van der Waals surface area contributed by atoms with Crippen molar-refractivity contribution in [2.24, 2.45) is 0 Å². The third kappa shape index (κ3) is 5.87. The van der Waals surface area contributed by atoms with Crippen LogP contribution in [0.3, 0.4) is 0 Å². The minimum absolute atomic E-state index is 0.443. The Hall–Kier alpha value is -2.30. The Morgan fingerprint density at radius 1 is 1.07 bits per heavy atom. The number of hydrogen-bond acceptors (Lipinski definition) is 9. The smallest absolute Gasteiger partial charge is 0.159 e. The van der Waals surface area contributed by atoms with Crippen LogP contribution in [0.2, 0.25) is 0 Å². The predicted octanol–water partition coefficient (Wildman–Crippen LogP) is 3.05. The van der Waals surface area contributed by atoms with Crippen molar-refractivity contribution in [1.82, 2.24) is 9.97 Å². The first kappa shape index (κ1) is 24.0. The summed E-state index contributed by atoms with van der Waals surface area (Å²) in [5.41, 5.74) is 8.67. The summed E-state index contributed by atoms with van der Waals surface area (Å²) in [6.45, 7) is 4.18. The molecule has 30 heavy (non-hydrogen) atoms. The van der Waals surface area contributed by atoms with Gasteiger partial charge in [-0.15, -0.1) is 0 Å². The van der Waals surface area contributed by atoms with Crippen molar-refractivity contribution in [3.05, 3.63) is 22.4 Å². The summed E-state index contributed by atoms with van der Waals surface area (Å²) in [6.07, 6.45) is 0. The van der Waals surface area contributed by atoms with Gasteiger partial charge >= 0.3 is 0 Å². The Morgan fingerprint density at radius 3 is 2.23 bits per heavy atom. The van der Waals surface area contributed by atoms with Gasteiger partial charge in [0.1, 0.15) is 17.3 Å². The van der Waals surface area contributed by atoms with Gasteiger partial charge in [0.2, 0.25) is 0 Å². The summed E-state index contributed by atoms with van der Waals surface area (Å²) < 4.78 is 16.9. The minimum atomic E-state index is 0.443. The molecule has 0 atom stereocenters. The van der Waals surface area contributed by atoms with Gasteiger partial charge in [0.25, 0.3) is 0 Å². The summed E-state index contributed by atoms with van der Waals surface area (Å²) in [7, 11) is 8.90. The van der Waals surface area contributed by atoms with Gasteiger partial charge in [-0.3, -0.25) is 0 Å². The molecule has 0 fully saturated rings. The molecule has 2 aromatic rings. The van der Waals surface area contributed by atoms with Crippen LogP contribution >= 0.6 is 15.9 Å². The summed E-state index contributed by atoms with van der Waals surface area (Å²) >= 11 is 3.63. The standard InChI is InChI=1S/C20H31BrN6O3/c1-13-23-19(17(22)20(24-13)27(7-9-28-4)8-10-29-5)25-18-15(21)11-14(26(2)3)12-16(18)30-6/h11-12H,7-10,22H2,1-6H3,(H,23,24,25). The summed E-state index contributed by atoms with van der Waals surface area (Å²) in [5, 5.41) is 3.32. The van der Waals surface area contributed by atoms with E-state index in [4.69, 9.17) is 19.9 Å². The maximum absolute atomic E-state index is 6.49. The van der Waals surface area contributed by atoms with Crippen molar-refractivity contribution in [1.29, 1.82) is 0 Å². The molecule has 3 N–H and O–H groups in total. The first-order valence-electron chi connectivity index (χ1n) is 9.51. The molecule has 0 saturated carbocycles. The zero-order chi connectivity index (χ0) is 22.3. The largest absolute Gasteiger partial charge is 0.494 e. The molecular weight excluding hydrogens is 452 g/mol. The number of hydrogen-bond donors (Lipinski definition) is 2. The number of nitrogen functional groups attached to an aromatic ring is 1. The first-order valence-corrected chi connectivity index (χ1v) is 10.3. The van der Waals surface area contributed by atoms with Gasteiger partial charge in [-0.05, 0) is 28.9 Å². The van der Waals surface area contributed by atoms with Crippen LogP contribution in [0.5, 0.6) is 5.75 Å². The van der Waals surface area contributed by atoms with E-state index < -0.39 is 0 Å². The van der Waals surface area contributed by atoms with Crippen molar-refractivity contribution in [3.8, 4) is 5.75 Å². The van der Waals surface area contributed by atoms with Crippen molar-refractivity contribution < 1.29 is 14.2 Å². The van der Waals surface area contributed by atoms with E-state index in [1.807, 2.05) is 43.0 Å². The maximum atomic E-state index is 6.49. The number of aryl methyl sites for hydroxylation is 1. The molecule has 0 aliphatic heterocycles. The zero-order valence-corrected chi connectivity index (χ0v) is 20.0. The zero-order valence-electron chi connectivity index (χ0n) is 18.5. The van der Waals surface area contributed by atoms with E-state index in [1.54, 1.807) is 21.3 Å².